The zero-order valence-electron chi connectivity index (χ0n) is 9.33. The van der Waals surface area contributed by atoms with E-state index in [1.807, 2.05) is 4.72 Å². The van der Waals surface area contributed by atoms with Crippen LogP contribution >= 0.6 is 31.9 Å². The van der Waals surface area contributed by atoms with Gasteiger partial charge in [0.2, 0.25) is 0 Å². The van der Waals surface area contributed by atoms with Crippen molar-refractivity contribution >= 4 is 53.6 Å². The van der Waals surface area contributed by atoms with E-state index < -0.39 is 16.1 Å². The Balaban J connectivity index is 3.17. The van der Waals surface area contributed by atoms with Gasteiger partial charge in [-0.15, -0.1) is 0 Å². The molecule has 0 fully saturated rings. The summed E-state index contributed by atoms with van der Waals surface area (Å²) in [6.07, 6.45) is 0. The first-order valence-corrected chi connectivity index (χ1v) is 7.90. The number of halogens is 2. The molecule has 1 rings (SSSR count). The van der Waals surface area contributed by atoms with Gasteiger partial charge in [-0.2, -0.15) is 0 Å². The van der Waals surface area contributed by atoms with Crippen LogP contribution in [0.1, 0.15) is 6.92 Å². The molecule has 1 aromatic rings. The quantitative estimate of drug-likeness (QED) is 0.673. The highest BCUT2D eigenvalue weighted by Crippen LogP contribution is 2.32. The molecule has 0 aliphatic rings. The molecule has 0 spiro atoms. The van der Waals surface area contributed by atoms with Crippen molar-refractivity contribution in [2.75, 3.05) is 12.3 Å². The average Bonchev–Trinajstić information content (AvgIpc) is 2.13. The number of nitrogens with two attached hydrogens (primary N) is 1. The highest BCUT2D eigenvalue weighted by atomic mass is 79.9. The highest BCUT2D eigenvalue weighted by molar-refractivity contribution is 9.11. The monoisotopic (exact) mass is 399 g/mol. The minimum absolute atomic E-state index is 0.0806. The number of anilines is 1. The minimum atomic E-state index is -3.97. The molecule has 2 amide bonds. The standard InChI is InChI=1S/C9H11Br2N3O3S/c1-2-13-9(15)14-18(16,17)8-6(10)3-5(12)4-7(8)11/h3-4H,2,12H2,1H3,(H2,13,14,15). The van der Waals surface area contributed by atoms with Gasteiger partial charge in [-0.05, 0) is 50.9 Å². The third-order valence-electron chi connectivity index (χ3n) is 1.85. The molecule has 100 valence electrons. The normalized spacial score (nSPS) is 11.1. The molecule has 0 aromatic heterocycles. The first-order chi connectivity index (χ1) is 8.27. The number of urea groups is 1. The summed E-state index contributed by atoms with van der Waals surface area (Å²) in [4.78, 5) is 11.2. The Morgan fingerprint density at radius 1 is 1.33 bits per heavy atom. The number of benzene rings is 1. The predicted octanol–water partition coefficient (Wildman–Crippen LogP) is 1.80. The summed E-state index contributed by atoms with van der Waals surface area (Å²) >= 11 is 6.20. The van der Waals surface area contributed by atoms with Gasteiger partial charge in [-0.25, -0.2) is 17.9 Å². The molecule has 0 bridgehead atoms. The van der Waals surface area contributed by atoms with E-state index in [1.54, 1.807) is 6.92 Å². The number of sulfonamides is 1. The van der Waals surface area contributed by atoms with Crippen LogP contribution in [0.25, 0.3) is 0 Å². The van der Waals surface area contributed by atoms with E-state index in [4.69, 9.17) is 5.73 Å². The molecule has 0 saturated heterocycles. The Morgan fingerprint density at radius 3 is 2.28 bits per heavy atom. The number of carbonyl (C=O) groups excluding carboxylic acids is 1. The number of nitrogen functional groups attached to an aromatic ring is 1. The molecule has 4 N–H and O–H groups in total. The van der Waals surface area contributed by atoms with Crippen molar-refractivity contribution in [2.45, 2.75) is 11.8 Å². The molecule has 1 aromatic carbocycles. The smallest absolute Gasteiger partial charge is 0.328 e. The summed E-state index contributed by atoms with van der Waals surface area (Å²) in [5.74, 6) is 0. The molecular formula is C9H11Br2N3O3S. The molecule has 0 unspecified atom stereocenters. The van der Waals surface area contributed by atoms with Gasteiger partial charge >= 0.3 is 6.03 Å². The van der Waals surface area contributed by atoms with Crippen LogP contribution in [-0.2, 0) is 10.0 Å². The Bertz CT molecular complexity index is 551. The topological polar surface area (TPSA) is 101 Å². The first kappa shape index (κ1) is 15.3. The lowest BCUT2D eigenvalue weighted by Crippen LogP contribution is -2.39. The summed E-state index contributed by atoms with van der Waals surface area (Å²) in [6, 6.07) is 2.10. The zero-order chi connectivity index (χ0) is 13.9. The predicted molar refractivity (Wildman–Crippen MR) is 75.6 cm³/mol. The third-order valence-corrected chi connectivity index (χ3v) is 5.06. The van der Waals surface area contributed by atoms with Crippen LogP contribution in [0.3, 0.4) is 0 Å². The van der Waals surface area contributed by atoms with Gasteiger partial charge in [0.15, 0.2) is 0 Å². The summed E-state index contributed by atoms with van der Waals surface area (Å²) in [5, 5.41) is 2.34. The van der Waals surface area contributed by atoms with E-state index in [0.29, 0.717) is 12.2 Å². The average molecular weight is 401 g/mol. The second-order valence-corrected chi connectivity index (χ2v) is 6.61. The van der Waals surface area contributed by atoms with Crippen molar-refractivity contribution in [3.63, 3.8) is 0 Å². The van der Waals surface area contributed by atoms with Crippen LogP contribution in [-0.4, -0.2) is 21.0 Å². The molecule has 0 radical (unpaired) electrons. The van der Waals surface area contributed by atoms with Gasteiger partial charge in [-0.3, -0.25) is 0 Å². The number of hydrogen-bond acceptors (Lipinski definition) is 4. The number of rotatable bonds is 3. The highest BCUT2D eigenvalue weighted by Gasteiger charge is 2.23. The van der Waals surface area contributed by atoms with Gasteiger partial charge in [0, 0.05) is 21.2 Å². The maximum atomic E-state index is 12.0. The number of amides is 2. The lowest BCUT2D eigenvalue weighted by atomic mass is 10.3. The lowest BCUT2D eigenvalue weighted by molar-refractivity contribution is 0.246. The van der Waals surface area contributed by atoms with Crippen LogP contribution in [0.5, 0.6) is 0 Å². The fraction of sp³-hybridized carbons (Fsp3) is 0.222. The van der Waals surface area contributed by atoms with Gasteiger partial charge < -0.3 is 11.1 Å². The second kappa shape index (κ2) is 5.89. The van der Waals surface area contributed by atoms with Crippen molar-refractivity contribution in [3.05, 3.63) is 21.1 Å². The van der Waals surface area contributed by atoms with Crippen molar-refractivity contribution in [3.8, 4) is 0 Å². The Morgan fingerprint density at radius 2 is 1.83 bits per heavy atom. The van der Waals surface area contributed by atoms with Crippen LogP contribution in [0.2, 0.25) is 0 Å². The van der Waals surface area contributed by atoms with E-state index in [9.17, 15) is 13.2 Å². The third kappa shape index (κ3) is 3.59. The van der Waals surface area contributed by atoms with Crippen molar-refractivity contribution < 1.29 is 13.2 Å². The van der Waals surface area contributed by atoms with E-state index in [-0.39, 0.29) is 13.8 Å². The van der Waals surface area contributed by atoms with Crippen LogP contribution in [0.15, 0.2) is 26.0 Å². The molecule has 18 heavy (non-hydrogen) atoms. The number of hydrogen-bond donors (Lipinski definition) is 3. The fourth-order valence-electron chi connectivity index (χ4n) is 1.21. The molecule has 0 atom stereocenters. The molecule has 6 nitrogen and oxygen atoms in total. The van der Waals surface area contributed by atoms with Gasteiger partial charge in [0.1, 0.15) is 4.90 Å². The number of nitrogens with one attached hydrogen (secondary N) is 2. The van der Waals surface area contributed by atoms with E-state index >= 15 is 0 Å². The fourth-order valence-corrected chi connectivity index (χ4v) is 4.76. The van der Waals surface area contributed by atoms with Crippen molar-refractivity contribution in [2.24, 2.45) is 0 Å². The van der Waals surface area contributed by atoms with Crippen LogP contribution in [0, 0.1) is 0 Å². The van der Waals surface area contributed by atoms with Crippen LogP contribution < -0.4 is 15.8 Å². The first-order valence-electron chi connectivity index (χ1n) is 4.83. The minimum Gasteiger partial charge on any atom is -0.399 e. The molecule has 0 aliphatic heterocycles. The molecule has 0 saturated carbocycles. The van der Waals surface area contributed by atoms with E-state index in [0.717, 1.165) is 0 Å². The van der Waals surface area contributed by atoms with E-state index in [2.05, 4.69) is 37.2 Å². The lowest BCUT2D eigenvalue weighted by Gasteiger charge is -2.11. The summed E-state index contributed by atoms with van der Waals surface area (Å²) in [6.45, 7) is 2.01. The Kier molecular flexibility index (Phi) is 5.00. The maximum Gasteiger partial charge on any atom is 0.328 e. The molecule has 9 heteroatoms. The number of carbonyl (C=O) groups is 1. The molecule has 0 heterocycles. The SMILES string of the molecule is CCNC(=O)NS(=O)(=O)c1c(Br)cc(N)cc1Br. The van der Waals surface area contributed by atoms with Crippen molar-refractivity contribution in [1.82, 2.24) is 10.0 Å². The summed E-state index contributed by atoms with van der Waals surface area (Å²) in [5.41, 5.74) is 5.96. The Labute approximate surface area is 122 Å². The maximum absolute atomic E-state index is 12.0. The zero-order valence-corrected chi connectivity index (χ0v) is 13.3. The second-order valence-electron chi connectivity index (χ2n) is 3.28. The Hall–Kier alpha value is -0.800. The van der Waals surface area contributed by atoms with E-state index in [1.165, 1.54) is 12.1 Å². The molecular weight excluding hydrogens is 390 g/mol. The van der Waals surface area contributed by atoms with Crippen LogP contribution in [0.4, 0.5) is 10.5 Å². The summed E-state index contributed by atoms with van der Waals surface area (Å²) < 4.78 is 26.4. The van der Waals surface area contributed by atoms with Crippen molar-refractivity contribution in [1.29, 1.82) is 0 Å². The largest absolute Gasteiger partial charge is 0.399 e. The van der Waals surface area contributed by atoms with Gasteiger partial charge in [0.05, 0.1) is 0 Å². The summed E-state index contributed by atoms with van der Waals surface area (Å²) in [7, 11) is -3.97. The molecule has 0 aliphatic carbocycles. The van der Waals surface area contributed by atoms with Gasteiger partial charge in [-0.1, -0.05) is 0 Å². The van der Waals surface area contributed by atoms with Gasteiger partial charge in [0.25, 0.3) is 10.0 Å².